The molecule has 0 spiro atoms. The summed E-state index contributed by atoms with van der Waals surface area (Å²) in [5.41, 5.74) is 1.55. The molecule has 0 heterocycles. The third-order valence-electron chi connectivity index (χ3n) is 1.58. The summed E-state index contributed by atoms with van der Waals surface area (Å²) in [6, 6.07) is 4.93. The Labute approximate surface area is 80.3 Å². The molecule has 0 atom stereocenters. The average Bonchev–Trinajstić information content (AvgIpc) is 2.07. The maximum Gasteiger partial charge on any atom is 0.387 e. The Hall–Kier alpha value is -0.830. The number of halogens is 3. The maximum atomic E-state index is 11.9. The molecule has 1 aromatic carbocycles. The molecule has 0 saturated carbocycles. The first kappa shape index (κ1) is 10.3. The zero-order valence-electron chi connectivity index (χ0n) is 7.06. The molecular formula is C9H9ClF2O. The molecule has 0 unspecified atom stereocenters. The molecule has 0 saturated heterocycles. The second-order valence-corrected chi connectivity index (χ2v) is 2.89. The zero-order chi connectivity index (χ0) is 9.84. The number of aryl methyl sites for hydroxylation is 1. The smallest absolute Gasteiger partial charge is 0.387 e. The Morgan fingerprint density at radius 1 is 1.46 bits per heavy atom. The van der Waals surface area contributed by atoms with Gasteiger partial charge in [-0.2, -0.15) is 8.78 Å². The number of ether oxygens (including phenoxy) is 1. The van der Waals surface area contributed by atoms with E-state index in [4.69, 9.17) is 11.6 Å². The van der Waals surface area contributed by atoms with Gasteiger partial charge in [-0.1, -0.05) is 17.7 Å². The molecule has 13 heavy (non-hydrogen) atoms. The minimum absolute atomic E-state index is 0.149. The first-order valence-corrected chi connectivity index (χ1v) is 4.27. The summed E-state index contributed by atoms with van der Waals surface area (Å²) in [4.78, 5) is 0. The van der Waals surface area contributed by atoms with E-state index >= 15 is 0 Å². The van der Waals surface area contributed by atoms with E-state index in [9.17, 15) is 8.78 Å². The van der Waals surface area contributed by atoms with E-state index in [2.05, 4.69) is 4.74 Å². The van der Waals surface area contributed by atoms with Crippen molar-refractivity contribution in [3.8, 4) is 5.75 Å². The predicted octanol–water partition coefficient (Wildman–Crippen LogP) is 3.34. The molecule has 0 aromatic heterocycles. The van der Waals surface area contributed by atoms with E-state index in [1.807, 2.05) is 6.92 Å². The van der Waals surface area contributed by atoms with Gasteiger partial charge in [0.25, 0.3) is 0 Å². The van der Waals surface area contributed by atoms with Gasteiger partial charge in [0.2, 0.25) is 0 Å². The van der Waals surface area contributed by atoms with Crippen LogP contribution < -0.4 is 4.74 Å². The molecule has 1 rings (SSSR count). The molecule has 4 heteroatoms. The van der Waals surface area contributed by atoms with Gasteiger partial charge in [-0.15, -0.1) is 11.6 Å². The van der Waals surface area contributed by atoms with Gasteiger partial charge < -0.3 is 4.74 Å². The highest BCUT2D eigenvalue weighted by Crippen LogP contribution is 2.23. The van der Waals surface area contributed by atoms with Gasteiger partial charge >= 0.3 is 6.61 Å². The molecule has 0 aliphatic carbocycles. The van der Waals surface area contributed by atoms with Crippen LogP contribution in [-0.2, 0) is 5.88 Å². The topological polar surface area (TPSA) is 9.23 Å². The minimum Gasteiger partial charge on any atom is -0.435 e. The SMILES string of the molecule is Cc1ccc(OC(F)F)c(CCl)c1. The highest BCUT2D eigenvalue weighted by molar-refractivity contribution is 6.17. The Balaban J connectivity index is 2.92. The highest BCUT2D eigenvalue weighted by atomic mass is 35.5. The van der Waals surface area contributed by atoms with Crippen LogP contribution in [0.2, 0.25) is 0 Å². The summed E-state index contributed by atoms with van der Waals surface area (Å²) in [5.74, 6) is 0.319. The quantitative estimate of drug-likeness (QED) is 0.690. The predicted molar refractivity (Wildman–Crippen MR) is 47.4 cm³/mol. The molecule has 0 bridgehead atoms. The van der Waals surface area contributed by atoms with Crippen molar-refractivity contribution in [2.24, 2.45) is 0 Å². The second-order valence-electron chi connectivity index (χ2n) is 2.62. The normalized spacial score (nSPS) is 10.5. The van der Waals surface area contributed by atoms with Crippen LogP contribution in [0.5, 0.6) is 5.75 Å². The van der Waals surface area contributed by atoms with Crippen LogP contribution in [-0.4, -0.2) is 6.61 Å². The molecule has 0 radical (unpaired) electrons. The van der Waals surface area contributed by atoms with Crippen molar-refractivity contribution in [2.45, 2.75) is 19.4 Å². The highest BCUT2D eigenvalue weighted by Gasteiger charge is 2.08. The van der Waals surface area contributed by atoms with Crippen LogP contribution in [0.25, 0.3) is 0 Å². The molecule has 1 aromatic rings. The Morgan fingerprint density at radius 3 is 2.69 bits per heavy atom. The van der Waals surface area contributed by atoms with Crippen molar-refractivity contribution in [2.75, 3.05) is 0 Å². The lowest BCUT2D eigenvalue weighted by atomic mass is 10.1. The number of alkyl halides is 3. The molecule has 0 aliphatic rings. The molecule has 0 fully saturated rings. The summed E-state index contributed by atoms with van der Waals surface area (Å²) in [5, 5.41) is 0. The lowest BCUT2D eigenvalue weighted by Gasteiger charge is -2.08. The molecular weight excluding hydrogens is 198 g/mol. The van der Waals surface area contributed by atoms with Crippen LogP contribution in [0.4, 0.5) is 8.78 Å². The van der Waals surface area contributed by atoms with E-state index in [1.54, 1.807) is 12.1 Å². The Kier molecular flexibility index (Phi) is 3.48. The van der Waals surface area contributed by atoms with Gasteiger partial charge in [0.05, 0.1) is 5.88 Å². The fourth-order valence-corrected chi connectivity index (χ4v) is 1.23. The van der Waals surface area contributed by atoms with E-state index in [-0.39, 0.29) is 11.6 Å². The molecule has 0 N–H and O–H groups in total. The summed E-state index contributed by atoms with van der Waals surface area (Å²) in [6.07, 6.45) is 0. The van der Waals surface area contributed by atoms with Gasteiger partial charge in [0, 0.05) is 5.56 Å². The van der Waals surface area contributed by atoms with Crippen molar-refractivity contribution in [3.63, 3.8) is 0 Å². The van der Waals surface area contributed by atoms with Crippen molar-refractivity contribution in [1.82, 2.24) is 0 Å². The van der Waals surface area contributed by atoms with E-state index < -0.39 is 6.61 Å². The zero-order valence-corrected chi connectivity index (χ0v) is 7.81. The maximum absolute atomic E-state index is 11.9. The number of hydrogen-bond donors (Lipinski definition) is 0. The van der Waals surface area contributed by atoms with Gasteiger partial charge in [0.15, 0.2) is 0 Å². The first-order chi connectivity index (χ1) is 6.13. The summed E-state index contributed by atoms with van der Waals surface area (Å²) >= 11 is 5.56. The molecule has 0 aliphatic heterocycles. The summed E-state index contributed by atoms with van der Waals surface area (Å²) in [6.45, 7) is -0.938. The van der Waals surface area contributed by atoms with E-state index in [0.29, 0.717) is 5.56 Å². The van der Waals surface area contributed by atoms with Crippen molar-refractivity contribution in [3.05, 3.63) is 29.3 Å². The van der Waals surface area contributed by atoms with Crippen LogP contribution in [0.1, 0.15) is 11.1 Å². The number of benzene rings is 1. The van der Waals surface area contributed by atoms with Crippen molar-refractivity contribution < 1.29 is 13.5 Å². The van der Waals surface area contributed by atoms with Crippen LogP contribution in [0, 0.1) is 6.92 Å². The monoisotopic (exact) mass is 206 g/mol. The van der Waals surface area contributed by atoms with Gasteiger partial charge in [-0.3, -0.25) is 0 Å². The standard InChI is InChI=1S/C9H9ClF2O/c1-6-2-3-8(13-9(11)12)7(4-6)5-10/h2-4,9H,5H2,1H3. The number of rotatable bonds is 3. The largest absolute Gasteiger partial charge is 0.435 e. The summed E-state index contributed by atoms with van der Waals surface area (Å²) in [7, 11) is 0. The van der Waals surface area contributed by atoms with E-state index in [0.717, 1.165) is 5.56 Å². The molecule has 0 amide bonds. The van der Waals surface area contributed by atoms with Gasteiger partial charge in [-0.05, 0) is 13.0 Å². The Morgan fingerprint density at radius 2 is 2.15 bits per heavy atom. The van der Waals surface area contributed by atoms with Gasteiger partial charge in [-0.25, -0.2) is 0 Å². The van der Waals surface area contributed by atoms with Crippen LogP contribution in [0.15, 0.2) is 18.2 Å². The van der Waals surface area contributed by atoms with Crippen molar-refractivity contribution in [1.29, 1.82) is 0 Å². The lowest BCUT2D eigenvalue weighted by Crippen LogP contribution is -2.03. The third-order valence-corrected chi connectivity index (χ3v) is 1.86. The van der Waals surface area contributed by atoms with Crippen LogP contribution >= 0.6 is 11.6 Å². The second kappa shape index (κ2) is 4.42. The lowest BCUT2D eigenvalue weighted by molar-refractivity contribution is -0.0503. The molecule has 72 valence electrons. The van der Waals surface area contributed by atoms with E-state index in [1.165, 1.54) is 6.07 Å². The Bertz CT molecular complexity index is 289. The van der Waals surface area contributed by atoms with Crippen LogP contribution in [0.3, 0.4) is 0 Å². The fourth-order valence-electron chi connectivity index (χ4n) is 1.02. The van der Waals surface area contributed by atoms with Crippen molar-refractivity contribution >= 4 is 11.6 Å². The minimum atomic E-state index is -2.80. The average molecular weight is 207 g/mol. The van der Waals surface area contributed by atoms with Gasteiger partial charge in [0.1, 0.15) is 5.75 Å². The number of hydrogen-bond acceptors (Lipinski definition) is 1. The third kappa shape index (κ3) is 2.84. The summed E-state index contributed by atoms with van der Waals surface area (Å²) < 4.78 is 28.0. The molecule has 1 nitrogen and oxygen atoms in total. The first-order valence-electron chi connectivity index (χ1n) is 3.74. The fraction of sp³-hybridized carbons (Fsp3) is 0.333.